The van der Waals surface area contributed by atoms with Crippen LogP contribution in [-0.2, 0) is 29.0 Å². The van der Waals surface area contributed by atoms with Crippen LogP contribution in [0.4, 0.5) is 14.9 Å². The van der Waals surface area contributed by atoms with Gasteiger partial charge in [0.05, 0.1) is 12.7 Å². The number of aryl methyl sites for hydroxylation is 1. The maximum Gasteiger partial charge on any atom is 0.319 e. The molecule has 3 aromatic carbocycles. The summed E-state index contributed by atoms with van der Waals surface area (Å²) in [4.78, 5) is 12.1. The highest BCUT2D eigenvalue weighted by Crippen LogP contribution is 2.32. The van der Waals surface area contributed by atoms with Gasteiger partial charge in [0, 0.05) is 51.4 Å². The van der Waals surface area contributed by atoms with Crippen LogP contribution in [0.15, 0.2) is 66.7 Å². The second-order valence-electron chi connectivity index (χ2n) is 12.0. The average Bonchev–Trinajstić information content (AvgIpc) is 3.03. The number of urea groups is 1. The van der Waals surface area contributed by atoms with E-state index in [0.717, 1.165) is 87.1 Å². The largest absolute Gasteiger partial charge is 0.463 e. The van der Waals surface area contributed by atoms with Crippen LogP contribution in [0.25, 0.3) is 0 Å². The number of halogens is 1. The molecular formula is C36H48FN3O5. The van der Waals surface area contributed by atoms with E-state index in [2.05, 4.69) is 28.1 Å². The molecule has 0 radical (unpaired) electrons. The molecule has 3 aromatic rings. The fraction of sp³-hybridized carbons (Fsp3) is 0.472. The van der Waals surface area contributed by atoms with Crippen LogP contribution in [0.2, 0.25) is 0 Å². The van der Waals surface area contributed by atoms with Crippen LogP contribution in [-0.4, -0.2) is 43.2 Å². The number of hydrogen-bond acceptors (Lipinski definition) is 6. The molecule has 45 heavy (non-hydrogen) atoms. The van der Waals surface area contributed by atoms with Crippen LogP contribution in [0.1, 0.15) is 80.7 Å². The van der Waals surface area contributed by atoms with Gasteiger partial charge in [0.1, 0.15) is 11.6 Å². The van der Waals surface area contributed by atoms with Crippen molar-refractivity contribution < 1.29 is 28.5 Å². The van der Waals surface area contributed by atoms with Crippen LogP contribution in [0, 0.1) is 5.82 Å². The standard InChI is InChI=1S/C36H48FN3O5/c1-36(2)44-26-30-23-29(13-18-34(30)45-36)33(41)25-38-19-6-3-4-7-20-43-21-8-5-10-27-11-9-12-28(22-27)24-39-35(42)40-32-16-14-31(37)15-17-32/h9,11-18,22-23,33,38,41H,3-8,10,19-21,24-26H2,1-2H3,(H2,39,40,42)/t33-/m1/s1. The number of carbonyl (C=O) groups is 1. The first-order chi connectivity index (χ1) is 21.8. The van der Waals surface area contributed by atoms with Gasteiger partial charge in [-0.3, -0.25) is 0 Å². The van der Waals surface area contributed by atoms with Gasteiger partial charge in [0.25, 0.3) is 0 Å². The first kappa shape index (κ1) is 34.4. The zero-order chi connectivity index (χ0) is 31.9. The van der Waals surface area contributed by atoms with Gasteiger partial charge in [0.15, 0.2) is 0 Å². The number of benzene rings is 3. The smallest absolute Gasteiger partial charge is 0.319 e. The van der Waals surface area contributed by atoms with Gasteiger partial charge in [-0.2, -0.15) is 0 Å². The zero-order valence-corrected chi connectivity index (χ0v) is 26.6. The van der Waals surface area contributed by atoms with Crippen molar-refractivity contribution in [3.63, 3.8) is 0 Å². The van der Waals surface area contributed by atoms with Crippen molar-refractivity contribution >= 4 is 11.7 Å². The average molecular weight is 622 g/mol. The van der Waals surface area contributed by atoms with E-state index >= 15 is 0 Å². The molecule has 9 heteroatoms. The topological polar surface area (TPSA) is 101 Å². The van der Waals surface area contributed by atoms with Gasteiger partial charge < -0.3 is 35.3 Å². The minimum Gasteiger partial charge on any atom is -0.463 e. The maximum absolute atomic E-state index is 13.0. The number of unbranched alkanes of at least 4 members (excludes halogenated alkanes) is 4. The Morgan fingerprint density at radius 3 is 2.53 bits per heavy atom. The van der Waals surface area contributed by atoms with Crippen molar-refractivity contribution in [3.8, 4) is 5.75 Å². The minimum atomic E-state index is -0.617. The highest BCUT2D eigenvalue weighted by atomic mass is 19.1. The van der Waals surface area contributed by atoms with Crippen molar-refractivity contribution in [3.05, 3.63) is 94.8 Å². The Hall–Kier alpha value is -3.50. The summed E-state index contributed by atoms with van der Waals surface area (Å²) in [7, 11) is 0. The van der Waals surface area contributed by atoms with Crippen molar-refractivity contribution in [2.45, 2.75) is 83.8 Å². The highest BCUT2D eigenvalue weighted by Gasteiger charge is 2.27. The Morgan fingerprint density at radius 2 is 1.71 bits per heavy atom. The molecule has 0 bridgehead atoms. The number of nitrogens with one attached hydrogen (secondary N) is 3. The monoisotopic (exact) mass is 621 g/mol. The number of ether oxygens (including phenoxy) is 3. The lowest BCUT2D eigenvalue weighted by Crippen LogP contribution is -2.35. The number of rotatable bonds is 18. The molecule has 0 fully saturated rings. The van der Waals surface area contributed by atoms with Crippen molar-refractivity contribution in [2.75, 3.05) is 31.6 Å². The first-order valence-corrected chi connectivity index (χ1v) is 16.1. The molecule has 0 aliphatic carbocycles. The van der Waals surface area contributed by atoms with Crippen LogP contribution in [0.5, 0.6) is 5.75 Å². The third-order valence-corrected chi connectivity index (χ3v) is 7.68. The highest BCUT2D eigenvalue weighted by molar-refractivity contribution is 5.89. The summed E-state index contributed by atoms with van der Waals surface area (Å²) < 4.78 is 30.4. The summed E-state index contributed by atoms with van der Waals surface area (Å²) in [6.45, 7) is 7.65. The second kappa shape index (κ2) is 17.8. The molecule has 1 atom stereocenters. The van der Waals surface area contributed by atoms with E-state index in [9.17, 15) is 14.3 Å². The van der Waals surface area contributed by atoms with Crippen LogP contribution in [0.3, 0.4) is 0 Å². The Kier molecular flexibility index (Phi) is 13.6. The lowest BCUT2D eigenvalue weighted by atomic mass is 10.0. The van der Waals surface area contributed by atoms with E-state index in [4.69, 9.17) is 14.2 Å². The van der Waals surface area contributed by atoms with Crippen molar-refractivity contribution in [1.82, 2.24) is 10.6 Å². The van der Waals surface area contributed by atoms with E-state index in [1.54, 1.807) is 0 Å². The van der Waals surface area contributed by atoms with Crippen LogP contribution < -0.4 is 20.7 Å². The van der Waals surface area contributed by atoms with Crippen molar-refractivity contribution in [2.24, 2.45) is 0 Å². The molecule has 1 heterocycles. The molecule has 244 valence electrons. The van der Waals surface area contributed by atoms with Crippen molar-refractivity contribution in [1.29, 1.82) is 0 Å². The molecule has 2 amide bonds. The second-order valence-corrected chi connectivity index (χ2v) is 12.0. The van der Waals surface area contributed by atoms with E-state index in [1.165, 1.54) is 29.8 Å². The third-order valence-electron chi connectivity index (χ3n) is 7.68. The van der Waals surface area contributed by atoms with Crippen LogP contribution >= 0.6 is 0 Å². The lowest BCUT2D eigenvalue weighted by molar-refractivity contribution is -0.180. The first-order valence-electron chi connectivity index (χ1n) is 16.1. The number of amides is 2. The number of aliphatic hydroxyl groups excluding tert-OH is 1. The molecule has 4 rings (SSSR count). The molecule has 0 aromatic heterocycles. The summed E-state index contributed by atoms with van der Waals surface area (Å²) in [6, 6.07) is 19.4. The van der Waals surface area contributed by atoms with Gasteiger partial charge in [-0.1, -0.05) is 43.2 Å². The molecule has 0 unspecified atom stereocenters. The fourth-order valence-corrected chi connectivity index (χ4v) is 5.15. The quantitative estimate of drug-likeness (QED) is 0.114. The fourth-order valence-electron chi connectivity index (χ4n) is 5.15. The Balaban J connectivity index is 0.964. The summed E-state index contributed by atoms with van der Waals surface area (Å²) in [5.74, 6) is -0.136. The third kappa shape index (κ3) is 12.4. The molecule has 0 saturated carbocycles. The van der Waals surface area contributed by atoms with Gasteiger partial charge in [-0.15, -0.1) is 0 Å². The van der Waals surface area contributed by atoms with E-state index in [0.29, 0.717) is 25.4 Å². The number of carbonyl (C=O) groups excluding carboxylic acids is 1. The van der Waals surface area contributed by atoms with E-state index in [-0.39, 0.29) is 11.8 Å². The van der Waals surface area contributed by atoms with Gasteiger partial charge in [0.2, 0.25) is 5.79 Å². The molecule has 4 N–H and O–H groups in total. The van der Waals surface area contributed by atoms with Gasteiger partial charge in [-0.05, 0) is 91.7 Å². The number of anilines is 1. The predicted octanol–water partition coefficient (Wildman–Crippen LogP) is 7.02. The minimum absolute atomic E-state index is 0.325. The molecule has 0 saturated heterocycles. The van der Waals surface area contributed by atoms with E-state index in [1.807, 2.05) is 44.2 Å². The Bertz CT molecular complexity index is 1330. The summed E-state index contributed by atoms with van der Waals surface area (Å²) in [5, 5.41) is 19.5. The molecular weight excluding hydrogens is 573 g/mol. The normalized spacial score (nSPS) is 14.3. The number of hydrogen-bond donors (Lipinski definition) is 4. The predicted molar refractivity (Wildman–Crippen MR) is 175 cm³/mol. The number of fused-ring (bicyclic) bond motifs is 1. The molecule has 8 nitrogen and oxygen atoms in total. The molecule has 0 spiro atoms. The summed E-state index contributed by atoms with van der Waals surface area (Å²) in [6.07, 6.45) is 6.86. The van der Waals surface area contributed by atoms with Gasteiger partial charge in [-0.25, -0.2) is 9.18 Å². The lowest BCUT2D eigenvalue weighted by Gasteiger charge is -2.33. The maximum atomic E-state index is 13.0. The van der Waals surface area contributed by atoms with E-state index < -0.39 is 11.9 Å². The summed E-state index contributed by atoms with van der Waals surface area (Å²) in [5.41, 5.74) is 4.67. The molecule has 1 aliphatic rings. The Labute approximate surface area is 266 Å². The van der Waals surface area contributed by atoms with Gasteiger partial charge >= 0.3 is 6.03 Å². The zero-order valence-electron chi connectivity index (χ0n) is 26.6. The SMILES string of the molecule is CC1(C)OCc2cc([C@H](O)CNCCCCCCOCCCCc3cccc(CNC(=O)Nc4ccc(F)cc4)c3)ccc2O1. The Morgan fingerprint density at radius 1 is 0.956 bits per heavy atom. The summed E-state index contributed by atoms with van der Waals surface area (Å²) >= 11 is 0. The number of aliphatic hydroxyl groups is 1. The molecule has 1 aliphatic heterocycles.